The van der Waals surface area contributed by atoms with Gasteiger partial charge in [-0.25, -0.2) is 4.98 Å². The molecular formula is C14H11N3S. The highest BCUT2D eigenvalue weighted by Gasteiger charge is 2.06. The third kappa shape index (κ3) is 2.02. The summed E-state index contributed by atoms with van der Waals surface area (Å²) < 4.78 is 0. The predicted molar refractivity (Wildman–Crippen MR) is 74.5 cm³/mol. The van der Waals surface area contributed by atoms with Crippen LogP contribution in [0.5, 0.6) is 0 Å². The quantitative estimate of drug-likeness (QED) is 0.711. The molecule has 0 bridgehead atoms. The van der Waals surface area contributed by atoms with E-state index in [9.17, 15) is 0 Å². The first-order valence-corrected chi connectivity index (χ1v) is 6.38. The van der Waals surface area contributed by atoms with Crippen molar-refractivity contribution < 1.29 is 0 Å². The molecular weight excluding hydrogens is 242 g/mol. The first-order valence-electron chi connectivity index (χ1n) is 5.57. The van der Waals surface area contributed by atoms with Gasteiger partial charge in [0, 0.05) is 22.7 Å². The lowest BCUT2D eigenvalue weighted by molar-refractivity contribution is 1.13. The van der Waals surface area contributed by atoms with E-state index in [-0.39, 0.29) is 0 Å². The number of fused-ring (bicyclic) bond motifs is 1. The minimum absolute atomic E-state index is 0.705. The number of nitrogens with two attached hydrogens (primary N) is 1. The van der Waals surface area contributed by atoms with Gasteiger partial charge in [0.2, 0.25) is 0 Å². The van der Waals surface area contributed by atoms with Crippen LogP contribution in [0, 0.1) is 0 Å². The number of benzene rings is 1. The monoisotopic (exact) mass is 253 g/mol. The van der Waals surface area contributed by atoms with Crippen LogP contribution in [0.2, 0.25) is 0 Å². The fraction of sp³-hybridized carbons (Fsp3) is 0. The molecule has 4 heteroatoms. The number of pyridine rings is 2. The topological polar surface area (TPSA) is 51.8 Å². The maximum absolute atomic E-state index is 5.93. The smallest absolute Gasteiger partial charge is 0.101 e. The van der Waals surface area contributed by atoms with Crippen LogP contribution in [0.15, 0.2) is 64.8 Å². The number of nitrogen functional groups attached to an aromatic ring is 1. The highest BCUT2D eigenvalue weighted by molar-refractivity contribution is 7.99. The molecule has 0 amide bonds. The molecule has 3 aromatic rings. The van der Waals surface area contributed by atoms with Crippen molar-refractivity contribution in [1.82, 2.24) is 9.97 Å². The van der Waals surface area contributed by atoms with Crippen LogP contribution in [0.1, 0.15) is 0 Å². The Kier molecular flexibility index (Phi) is 2.86. The number of hydrogen-bond donors (Lipinski definition) is 1. The van der Waals surface area contributed by atoms with Gasteiger partial charge in [0.05, 0.1) is 11.2 Å². The van der Waals surface area contributed by atoms with E-state index < -0.39 is 0 Å². The minimum atomic E-state index is 0.705. The highest BCUT2D eigenvalue weighted by atomic mass is 32.2. The van der Waals surface area contributed by atoms with Crippen LogP contribution in [0.25, 0.3) is 10.9 Å². The fourth-order valence-electron chi connectivity index (χ4n) is 1.78. The van der Waals surface area contributed by atoms with Crippen molar-refractivity contribution in [1.29, 1.82) is 0 Å². The zero-order valence-corrected chi connectivity index (χ0v) is 10.4. The zero-order chi connectivity index (χ0) is 12.4. The lowest BCUT2D eigenvalue weighted by Crippen LogP contribution is -1.90. The molecule has 2 heterocycles. The Bertz CT molecular complexity index is 683. The molecule has 0 aliphatic carbocycles. The molecule has 0 unspecified atom stereocenters. The predicted octanol–water partition coefficient (Wildman–Crippen LogP) is 3.36. The van der Waals surface area contributed by atoms with Crippen LogP contribution >= 0.6 is 11.8 Å². The minimum Gasteiger partial charge on any atom is -0.397 e. The Hall–Kier alpha value is -2.07. The van der Waals surface area contributed by atoms with E-state index in [4.69, 9.17) is 5.73 Å². The van der Waals surface area contributed by atoms with Gasteiger partial charge >= 0.3 is 0 Å². The molecule has 0 spiro atoms. The van der Waals surface area contributed by atoms with E-state index in [0.717, 1.165) is 20.8 Å². The normalized spacial score (nSPS) is 10.7. The molecule has 0 fully saturated rings. The molecule has 3 rings (SSSR count). The summed E-state index contributed by atoms with van der Waals surface area (Å²) in [6, 6.07) is 13.7. The molecule has 0 aliphatic heterocycles. The molecule has 3 nitrogen and oxygen atoms in total. The summed E-state index contributed by atoms with van der Waals surface area (Å²) in [6.07, 6.45) is 3.55. The summed E-state index contributed by atoms with van der Waals surface area (Å²) in [7, 11) is 0. The average molecular weight is 253 g/mol. The second kappa shape index (κ2) is 4.66. The fourth-order valence-corrected chi connectivity index (χ4v) is 2.67. The van der Waals surface area contributed by atoms with Crippen molar-refractivity contribution in [2.24, 2.45) is 0 Å². The molecule has 2 aromatic heterocycles. The molecule has 1 aromatic carbocycles. The van der Waals surface area contributed by atoms with Gasteiger partial charge in [-0.1, -0.05) is 23.9 Å². The molecule has 88 valence electrons. The summed E-state index contributed by atoms with van der Waals surface area (Å²) in [5, 5.41) is 2.03. The molecule has 0 saturated heterocycles. The third-order valence-corrected chi connectivity index (χ3v) is 3.64. The summed E-state index contributed by atoms with van der Waals surface area (Å²) in [4.78, 5) is 9.76. The lowest BCUT2D eigenvalue weighted by Gasteiger charge is -2.06. The standard InChI is InChI=1S/C14H11N3S/c15-11-6-7-12(10-4-3-9-17-14(10)11)18-13-5-1-2-8-16-13/h1-9H,15H2. The van der Waals surface area contributed by atoms with E-state index >= 15 is 0 Å². The van der Waals surface area contributed by atoms with E-state index in [1.807, 2.05) is 42.5 Å². The van der Waals surface area contributed by atoms with E-state index in [1.54, 1.807) is 24.2 Å². The van der Waals surface area contributed by atoms with Gasteiger partial charge < -0.3 is 5.73 Å². The average Bonchev–Trinajstić information content (AvgIpc) is 2.44. The number of rotatable bonds is 2. The Morgan fingerprint density at radius 1 is 0.889 bits per heavy atom. The Morgan fingerprint density at radius 3 is 2.61 bits per heavy atom. The maximum atomic E-state index is 5.93. The largest absolute Gasteiger partial charge is 0.397 e. The van der Waals surface area contributed by atoms with Crippen LogP contribution < -0.4 is 5.73 Å². The first kappa shape index (κ1) is 11.0. The van der Waals surface area contributed by atoms with Crippen LogP contribution in [-0.4, -0.2) is 9.97 Å². The summed E-state index contributed by atoms with van der Waals surface area (Å²) >= 11 is 1.62. The molecule has 0 saturated carbocycles. The van der Waals surface area contributed by atoms with Gasteiger partial charge in [-0.3, -0.25) is 4.98 Å². The van der Waals surface area contributed by atoms with Crippen molar-refractivity contribution >= 4 is 28.4 Å². The summed E-state index contributed by atoms with van der Waals surface area (Å²) in [5.41, 5.74) is 7.48. The zero-order valence-electron chi connectivity index (χ0n) is 9.58. The van der Waals surface area contributed by atoms with Crippen molar-refractivity contribution in [2.45, 2.75) is 9.92 Å². The van der Waals surface area contributed by atoms with Gasteiger partial charge in [-0.05, 0) is 30.3 Å². The number of anilines is 1. The van der Waals surface area contributed by atoms with Crippen LogP contribution in [-0.2, 0) is 0 Å². The van der Waals surface area contributed by atoms with Crippen LogP contribution in [0.4, 0.5) is 5.69 Å². The lowest BCUT2D eigenvalue weighted by atomic mass is 10.2. The number of nitrogens with zero attached hydrogens (tertiary/aromatic N) is 2. The molecule has 18 heavy (non-hydrogen) atoms. The van der Waals surface area contributed by atoms with Crippen molar-refractivity contribution in [3.05, 3.63) is 54.9 Å². The molecule has 0 radical (unpaired) electrons. The van der Waals surface area contributed by atoms with Gasteiger partial charge in [-0.15, -0.1) is 0 Å². The third-order valence-electron chi connectivity index (χ3n) is 2.61. The molecule has 0 aliphatic rings. The van der Waals surface area contributed by atoms with Crippen LogP contribution in [0.3, 0.4) is 0 Å². The molecule has 0 atom stereocenters. The SMILES string of the molecule is Nc1ccc(Sc2ccccn2)c2cccnc12. The molecule has 2 N–H and O–H groups in total. The van der Waals surface area contributed by atoms with Gasteiger partial charge in [0.1, 0.15) is 5.03 Å². The van der Waals surface area contributed by atoms with E-state index in [0.29, 0.717) is 5.69 Å². The Balaban J connectivity index is 2.10. The second-order valence-electron chi connectivity index (χ2n) is 3.82. The number of aromatic nitrogens is 2. The van der Waals surface area contributed by atoms with Gasteiger partial charge in [0.25, 0.3) is 0 Å². The first-order chi connectivity index (χ1) is 8.84. The Morgan fingerprint density at radius 2 is 1.78 bits per heavy atom. The van der Waals surface area contributed by atoms with Crippen molar-refractivity contribution in [2.75, 3.05) is 5.73 Å². The van der Waals surface area contributed by atoms with E-state index in [1.165, 1.54) is 0 Å². The maximum Gasteiger partial charge on any atom is 0.101 e. The summed E-state index contributed by atoms with van der Waals surface area (Å²) in [5.74, 6) is 0. The highest BCUT2D eigenvalue weighted by Crippen LogP contribution is 2.33. The summed E-state index contributed by atoms with van der Waals surface area (Å²) in [6.45, 7) is 0. The van der Waals surface area contributed by atoms with E-state index in [2.05, 4.69) is 9.97 Å². The number of hydrogen-bond acceptors (Lipinski definition) is 4. The van der Waals surface area contributed by atoms with Crippen molar-refractivity contribution in [3.8, 4) is 0 Å². The van der Waals surface area contributed by atoms with Crippen molar-refractivity contribution in [3.63, 3.8) is 0 Å². The van der Waals surface area contributed by atoms with Gasteiger partial charge in [0.15, 0.2) is 0 Å². The second-order valence-corrected chi connectivity index (χ2v) is 4.88. The Labute approximate surface area is 109 Å². The van der Waals surface area contributed by atoms with Gasteiger partial charge in [-0.2, -0.15) is 0 Å².